The maximum Gasteiger partial charge on any atom is 0.224 e. The molecule has 0 aliphatic carbocycles. The van der Waals surface area contributed by atoms with Crippen LogP contribution >= 0.6 is 0 Å². The predicted molar refractivity (Wildman–Crippen MR) is 83.6 cm³/mol. The number of amides is 1. The lowest BCUT2D eigenvalue weighted by Crippen LogP contribution is -2.25. The van der Waals surface area contributed by atoms with Crippen LogP contribution in [0.5, 0.6) is 0 Å². The van der Waals surface area contributed by atoms with Crippen molar-refractivity contribution in [2.24, 2.45) is 5.41 Å². The number of rotatable bonds is 5. The molecule has 1 amide bonds. The Morgan fingerprint density at radius 1 is 1.35 bits per heavy atom. The first-order valence-electron chi connectivity index (χ1n) is 7.32. The molecule has 4 nitrogen and oxygen atoms in total. The lowest BCUT2D eigenvalue weighted by atomic mass is 9.93. The van der Waals surface area contributed by atoms with E-state index in [4.69, 9.17) is 5.73 Å². The van der Waals surface area contributed by atoms with Crippen LogP contribution in [0.4, 0.5) is 11.4 Å². The van der Waals surface area contributed by atoms with Gasteiger partial charge in [-0.3, -0.25) is 4.79 Å². The van der Waals surface area contributed by atoms with E-state index >= 15 is 0 Å². The van der Waals surface area contributed by atoms with Crippen LogP contribution in [0.15, 0.2) is 24.3 Å². The largest absolute Gasteiger partial charge is 0.399 e. The van der Waals surface area contributed by atoms with Crippen LogP contribution in [0.25, 0.3) is 0 Å². The van der Waals surface area contributed by atoms with Gasteiger partial charge in [0.2, 0.25) is 5.91 Å². The van der Waals surface area contributed by atoms with Crippen LogP contribution in [-0.2, 0) is 4.79 Å². The van der Waals surface area contributed by atoms with Gasteiger partial charge in [-0.05, 0) is 55.6 Å². The van der Waals surface area contributed by atoms with Crippen LogP contribution in [-0.4, -0.2) is 30.4 Å². The summed E-state index contributed by atoms with van der Waals surface area (Å²) in [6.45, 7) is 7.93. The zero-order chi connectivity index (χ0) is 14.6. The van der Waals surface area contributed by atoms with E-state index in [0.29, 0.717) is 17.5 Å². The fraction of sp³-hybridized carbons (Fsp3) is 0.562. The van der Waals surface area contributed by atoms with Crippen molar-refractivity contribution in [1.29, 1.82) is 0 Å². The van der Waals surface area contributed by atoms with Crippen LogP contribution in [0.1, 0.15) is 33.1 Å². The molecule has 0 aromatic heterocycles. The molecule has 0 atom stereocenters. The van der Waals surface area contributed by atoms with E-state index in [9.17, 15) is 4.79 Å². The molecule has 3 N–H and O–H groups in total. The molecule has 1 fully saturated rings. The Labute approximate surface area is 121 Å². The van der Waals surface area contributed by atoms with Gasteiger partial charge in [-0.1, -0.05) is 13.8 Å². The summed E-state index contributed by atoms with van der Waals surface area (Å²) in [5, 5.41) is 2.90. The minimum absolute atomic E-state index is 0.0771. The number of likely N-dealkylation sites (tertiary alicyclic amines) is 1. The van der Waals surface area contributed by atoms with Crippen molar-refractivity contribution in [2.45, 2.75) is 33.1 Å². The van der Waals surface area contributed by atoms with Crippen molar-refractivity contribution in [3.63, 3.8) is 0 Å². The molecule has 0 spiro atoms. The molecule has 0 bridgehead atoms. The van der Waals surface area contributed by atoms with E-state index in [1.165, 1.54) is 6.42 Å². The van der Waals surface area contributed by atoms with Crippen molar-refractivity contribution in [2.75, 3.05) is 30.7 Å². The van der Waals surface area contributed by atoms with Crippen molar-refractivity contribution >= 4 is 17.3 Å². The average Bonchev–Trinajstić information content (AvgIpc) is 2.72. The fourth-order valence-corrected chi connectivity index (χ4v) is 2.67. The Bertz CT molecular complexity index is 453. The van der Waals surface area contributed by atoms with Gasteiger partial charge in [0.15, 0.2) is 0 Å². The van der Waals surface area contributed by atoms with Crippen molar-refractivity contribution in [1.82, 2.24) is 4.90 Å². The highest BCUT2D eigenvalue weighted by Crippen LogP contribution is 2.28. The lowest BCUT2D eigenvalue weighted by molar-refractivity contribution is -0.116. The summed E-state index contributed by atoms with van der Waals surface area (Å²) in [5.74, 6) is 0.0771. The number of nitrogen functional groups attached to an aromatic ring is 1. The standard InChI is InChI=1S/C16H25N3O/c1-16(2)9-11-19(12-16)10-3-4-15(20)18-14-7-5-13(17)6-8-14/h5-8H,3-4,9-12,17H2,1-2H3,(H,18,20). The highest BCUT2D eigenvalue weighted by molar-refractivity contribution is 5.90. The van der Waals surface area contributed by atoms with Crippen molar-refractivity contribution in [3.8, 4) is 0 Å². The summed E-state index contributed by atoms with van der Waals surface area (Å²) in [5.41, 5.74) is 7.57. The summed E-state index contributed by atoms with van der Waals surface area (Å²) in [7, 11) is 0. The zero-order valence-corrected chi connectivity index (χ0v) is 12.5. The SMILES string of the molecule is CC1(C)CCN(CCCC(=O)Nc2ccc(N)cc2)C1. The number of benzene rings is 1. The first-order valence-corrected chi connectivity index (χ1v) is 7.32. The zero-order valence-electron chi connectivity index (χ0n) is 12.5. The molecule has 0 radical (unpaired) electrons. The summed E-state index contributed by atoms with van der Waals surface area (Å²) in [4.78, 5) is 14.3. The summed E-state index contributed by atoms with van der Waals surface area (Å²) in [6, 6.07) is 7.25. The number of carbonyl (C=O) groups is 1. The van der Waals surface area contributed by atoms with E-state index < -0.39 is 0 Å². The maximum absolute atomic E-state index is 11.8. The molecule has 1 saturated heterocycles. The molecule has 1 aliphatic rings. The third-order valence-electron chi connectivity index (χ3n) is 3.83. The second kappa shape index (κ2) is 6.27. The second-order valence-electron chi connectivity index (χ2n) is 6.46. The van der Waals surface area contributed by atoms with Gasteiger partial charge in [0.25, 0.3) is 0 Å². The molecule has 1 aromatic carbocycles. The van der Waals surface area contributed by atoms with Crippen LogP contribution < -0.4 is 11.1 Å². The number of hydrogen-bond donors (Lipinski definition) is 2. The van der Waals surface area contributed by atoms with Gasteiger partial charge in [-0.2, -0.15) is 0 Å². The molecular weight excluding hydrogens is 250 g/mol. The fourth-order valence-electron chi connectivity index (χ4n) is 2.67. The van der Waals surface area contributed by atoms with Crippen molar-refractivity contribution < 1.29 is 4.79 Å². The van der Waals surface area contributed by atoms with E-state index in [-0.39, 0.29) is 5.91 Å². The van der Waals surface area contributed by atoms with Gasteiger partial charge in [-0.25, -0.2) is 0 Å². The Morgan fingerprint density at radius 2 is 2.05 bits per heavy atom. The Morgan fingerprint density at radius 3 is 2.65 bits per heavy atom. The minimum atomic E-state index is 0.0771. The third kappa shape index (κ3) is 4.53. The number of anilines is 2. The topological polar surface area (TPSA) is 58.4 Å². The van der Waals surface area contributed by atoms with Gasteiger partial charge >= 0.3 is 0 Å². The number of nitrogens with one attached hydrogen (secondary N) is 1. The van der Waals surface area contributed by atoms with Gasteiger partial charge in [-0.15, -0.1) is 0 Å². The minimum Gasteiger partial charge on any atom is -0.399 e. The number of nitrogens with two attached hydrogens (primary N) is 1. The van der Waals surface area contributed by atoms with Crippen LogP contribution in [0.3, 0.4) is 0 Å². The molecular formula is C16H25N3O. The highest BCUT2D eigenvalue weighted by Gasteiger charge is 2.28. The molecule has 1 aromatic rings. The smallest absolute Gasteiger partial charge is 0.224 e. The summed E-state index contributed by atoms with van der Waals surface area (Å²) < 4.78 is 0. The first kappa shape index (κ1) is 14.9. The summed E-state index contributed by atoms with van der Waals surface area (Å²) >= 11 is 0. The van der Waals surface area contributed by atoms with Gasteiger partial charge in [0.1, 0.15) is 0 Å². The van der Waals surface area contributed by atoms with Crippen LogP contribution in [0, 0.1) is 5.41 Å². The Hall–Kier alpha value is -1.55. The molecule has 4 heteroatoms. The average molecular weight is 275 g/mol. The number of carbonyl (C=O) groups excluding carboxylic acids is 1. The van der Waals surface area contributed by atoms with E-state index in [1.54, 1.807) is 12.1 Å². The van der Waals surface area contributed by atoms with E-state index in [0.717, 1.165) is 31.7 Å². The lowest BCUT2D eigenvalue weighted by Gasteiger charge is -2.19. The molecule has 20 heavy (non-hydrogen) atoms. The number of hydrogen-bond acceptors (Lipinski definition) is 3. The first-order chi connectivity index (χ1) is 9.44. The molecule has 2 rings (SSSR count). The molecule has 0 saturated carbocycles. The quantitative estimate of drug-likeness (QED) is 0.812. The molecule has 110 valence electrons. The van der Waals surface area contributed by atoms with Gasteiger partial charge in [0, 0.05) is 24.3 Å². The van der Waals surface area contributed by atoms with Crippen LogP contribution in [0.2, 0.25) is 0 Å². The Balaban J connectivity index is 1.67. The second-order valence-corrected chi connectivity index (χ2v) is 6.46. The monoisotopic (exact) mass is 275 g/mol. The molecule has 1 aliphatic heterocycles. The molecule has 1 heterocycles. The third-order valence-corrected chi connectivity index (χ3v) is 3.83. The predicted octanol–water partition coefficient (Wildman–Crippen LogP) is 2.72. The molecule has 0 unspecified atom stereocenters. The van der Waals surface area contributed by atoms with Gasteiger partial charge < -0.3 is 16.0 Å². The van der Waals surface area contributed by atoms with Gasteiger partial charge in [0.05, 0.1) is 0 Å². The maximum atomic E-state index is 11.8. The van der Waals surface area contributed by atoms with E-state index in [1.807, 2.05) is 12.1 Å². The summed E-state index contributed by atoms with van der Waals surface area (Å²) in [6.07, 6.45) is 2.74. The normalized spacial score (nSPS) is 18.1. The highest BCUT2D eigenvalue weighted by atomic mass is 16.1. The Kier molecular flexibility index (Phi) is 4.65. The number of nitrogens with zero attached hydrogens (tertiary/aromatic N) is 1. The van der Waals surface area contributed by atoms with E-state index in [2.05, 4.69) is 24.1 Å². The van der Waals surface area contributed by atoms with Crippen molar-refractivity contribution in [3.05, 3.63) is 24.3 Å².